The second kappa shape index (κ2) is 4.58. The summed E-state index contributed by atoms with van der Waals surface area (Å²) in [5.74, 6) is 0. The normalized spacial score (nSPS) is 13.2. The predicted octanol–water partition coefficient (Wildman–Crippen LogP) is 2.64. The minimum atomic E-state index is 0.156. The van der Waals surface area contributed by atoms with Crippen LogP contribution in [0.2, 0.25) is 0 Å². The second-order valence-electron chi connectivity index (χ2n) is 3.08. The van der Waals surface area contributed by atoms with E-state index < -0.39 is 0 Å². The van der Waals surface area contributed by atoms with Gasteiger partial charge in [-0.25, -0.2) is 4.98 Å². The quantitative estimate of drug-likeness (QED) is 0.781. The van der Waals surface area contributed by atoms with Gasteiger partial charge in [0.05, 0.1) is 6.04 Å². The van der Waals surface area contributed by atoms with Gasteiger partial charge in [-0.05, 0) is 13.3 Å². The van der Waals surface area contributed by atoms with E-state index in [1.165, 1.54) is 12.8 Å². The topological polar surface area (TPSA) is 38.9 Å². The van der Waals surface area contributed by atoms with E-state index in [1.807, 2.05) is 6.92 Å². The van der Waals surface area contributed by atoms with Crippen LogP contribution >= 0.6 is 11.3 Å². The third kappa shape index (κ3) is 2.57. The second-order valence-corrected chi connectivity index (χ2v) is 3.97. The first-order valence-electron chi connectivity index (χ1n) is 4.41. The summed E-state index contributed by atoms with van der Waals surface area (Å²) in [6.07, 6.45) is 3.46. The molecule has 0 aliphatic heterocycles. The molecule has 12 heavy (non-hydrogen) atoms. The zero-order chi connectivity index (χ0) is 8.97. The minimum Gasteiger partial charge on any atom is -0.322 e. The highest BCUT2D eigenvalue weighted by molar-refractivity contribution is 7.09. The van der Waals surface area contributed by atoms with Crippen LogP contribution in [0, 0.1) is 6.92 Å². The summed E-state index contributed by atoms with van der Waals surface area (Å²) < 4.78 is 0. The first-order valence-corrected chi connectivity index (χ1v) is 5.29. The highest BCUT2D eigenvalue weighted by Crippen LogP contribution is 2.20. The maximum absolute atomic E-state index is 5.94. The molecule has 0 saturated carbocycles. The van der Waals surface area contributed by atoms with Crippen molar-refractivity contribution in [3.63, 3.8) is 0 Å². The number of hydrogen-bond acceptors (Lipinski definition) is 3. The Bertz CT molecular complexity index is 232. The number of rotatable bonds is 4. The van der Waals surface area contributed by atoms with Crippen molar-refractivity contribution in [2.24, 2.45) is 5.73 Å². The van der Waals surface area contributed by atoms with Gasteiger partial charge in [0.25, 0.3) is 0 Å². The van der Waals surface area contributed by atoms with Crippen LogP contribution in [0.1, 0.15) is 42.9 Å². The molecular weight excluding hydrogens is 168 g/mol. The molecular formula is C9H16N2S. The van der Waals surface area contributed by atoms with E-state index in [0.717, 1.165) is 17.1 Å². The van der Waals surface area contributed by atoms with E-state index in [0.29, 0.717) is 0 Å². The van der Waals surface area contributed by atoms with Crippen molar-refractivity contribution in [1.82, 2.24) is 4.98 Å². The first-order chi connectivity index (χ1) is 5.74. The lowest BCUT2D eigenvalue weighted by Crippen LogP contribution is -2.09. The number of thiazole rings is 1. The van der Waals surface area contributed by atoms with Crippen LogP contribution in [-0.2, 0) is 0 Å². The molecule has 1 aromatic heterocycles. The molecule has 0 amide bonds. The van der Waals surface area contributed by atoms with E-state index in [1.54, 1.807) is 11.3 Å². The third-order valence-electron chi connectivity index (χ3n) is 1.82. The largest absolute Gasteiger partial charge is 0.322 e. The van der Waals surface area contributed by atoms with E-state index in [9.17, 15) is 0 Å². The Balaban J connectivity index is 2.47. The molecule has 3 heteroatoms. The van der Waals surface area contributed by atoms with Crippen molar-refractivity contribution in [2.45, 2.75) is 39.2 Å². The van der Waals surface area contributed by atoms with E-state index in [2.05, 4.69) is 17.3 Å². The lowest BCUT2D eigenvalue weighted by molar-refractivity contribution is 0.600. The molecule has 1 heterocycles. The van der Waals surface area contributed by atoms with Crippen molar-refractivity contribution < 1.29 is 0 Å². The fourth-order valence-corrected chi connectivity index (χ4v) is 1.92. The molecule has 0 aromatic carbocycles. The van der Waals surface area contributed by atoms with Gasteiger partial charge in [0.15, 0.2) is 0 Å². The summed E-state index contributed by atoms with van der Waals surface area (Å²) in [5.41, 5.74) is 7.03. The lowest BCUT2D eigenvalue weighted by atomic mass is 10.1. The van der Waals surface area contributed by atoms with Crippen molar-refractivity contribution in [3.05, 3.63) is 16.1 Å². The summed E-state index contributed by atoms with van der Waals surface area (Å²) in [7, 11) is 0. The average molecular weight is 184 g/mol. The van der Waals surface area contributed by atoms with Crippen LogP contribution in [0.25, 0.3) is 0 Å². The van der Waals surface area contributed by atoms with Crippen LogP contribution in [0.15, 0.2) is 5.38 Å². The Morgan fingerprint density at radius 1 is 1.67 bits per heavy atom. The molecule has 1 rings (SSSR count). The fraction of sp³-hybridized carbons (Fsp3) is 0.667. The van der Waals surface area contributed by atoms with Gasteiger partial charge in [-0.3, -0.25) is 0 Å². The molecule has 68 valence electrons. The van der Waals surface area contributed by atoms with Crippen molar-refractivity contribution in [2.75, 3.05) is 0 Å². The molecule has 0 aliphatic rings. The molecule has 0 saturated heterocycles. The Morgan fingerprint density at radius 3 is 2.92 bits per heavy atom. The van der Waals surface area contributed by atoms with E-state index in [-0.39, 0.29) is 6.04 Å². The van der Waals surface area contributed by atoms with Crippen LogP contribution in [0.3, 0.4) is 0 Å². The van der Waals surface area contributed by atoms with Gasteiger partial charge < -0.3 is 5.73 Å². The van der Waals surface area contributed by atoms with Crippen LogP contribution in [-0.4, -0.2) is 4.98 Å². The number of hydrogen-bond donors (Lipinski definition) is 1. The Hall–Kier alpha value is -0.410. The predicted molar refractivity (Wildman–Crippen MR) is 53.3 cm³/mol. The van der Waals surface area contributed by atoms with Crippen LogP contribution < -0.4 is 5.73 Å². The highest BCUT2D eigenvalue weighted by Gasteiger charge is 2.08. The molecule has 0 spiro atoms. The van der Waals surface area contributed by atoms with Gasteiger partial charge in [-0.2, -0.15) is 0 Å². The Morgan fingerprint density at radius 2 is 2.42 bits per heavy atom. The standard InChI is InChI=1S/C9H16N2S/c1-3-4-5-8(10)9-11-7(2)6-12-9/h6,8H,3-5,10H2,1-2H3. The molecule has 1 unspecified atom stereocenters. The van der Waals surface area contributed by atoms with Gasteiger partial charge in [0, 0.05) is 11.1 Å². The highest BCUT2D eigenvalue weighted by atomic mass is 32.1. The Labute approximate surface area is 77.8 Å². The summed E-state index contributed by atoms with van der Waals surface area (Å²) in [6.45, 7) is 4.19. The molecule has 0 bridgehead atoms. The molecule has 2 N–H and O–H groups in total. The molecule has 0 fully saturated rings. The summed E-state index contributed by atoms with van der Waals surface area (Å²) >= 11 is 1.67. The number of aromatic nitrogens is 1. The molecule has 0 aliphatic carbocycles. The van der Waals surface area contributed by atoms with Crippen LogP contribution in [0.4, 0.5) is 0 Å². The number of nitrogens with zero attached hydrogens (tertiary/aromatic N) is 1. The zero-order valence-electron chi connectivity index (χ0n) is 7.71. The van der Waals surface area contributed by atoms with Crippen molar-refractivity contribution in [1.29, 1.82) is 0 Å². The number of unbranched alkanes of at least 4 members (excludes halogenated alkanes) is 1. The zero-order valence-corrected chi connectivity index (χ0v) is 8.53. The molecule has 1 aromatic rings. The van der Waals surface area contributed by atoms with E-state index >= 15 is 0 Å². The Kier molecular flexibility index (Phi) is 3.69. The summed E-state index contributed by atoms with van der Waals surface area (Å²) in [5, 5.41) is 3.14. The monoisotopic (exact) mass is 184 g/mol. The van der Waals surface area contributed by atoms with Crippen molar-refractivity contribution in [3.8, 4) is 0 Å². The summed E-state index contributed by atoms with van der Waals surface area (Å²) in [4.78, 5) is 4.36. The molecule has 0 radical (unpaired) electrons. The fourth-order valence-electron chi connectivity index (χ4n) is 1.09. The maximum Gasteiger partial charge on any atom is 0.110 e. The van der Waals surface area contributed by atoms with Gasteiger partial charge in [-0.1, -0.05) is 19.8 Å². The van der Waals surface area contributed by atoms with Gasteiger partial charge in [0.1, 0.15) is 5.01 Å². The minimum absolute atomic E-state index is 0.156. The number of aryl methyl sites for hydroxylation is 1. The van der Waals surface area contributed by atoms with Gasteiger partial charge in [0.2, 0.25) is 0 Å². The SMILES string of the molecule is CCCCC(N)c1nc(C)cs1. The average Bonchev–Trinajstić information content (AvgIpc) is 2.47. The smallest absolute Gasteiger partial charge is 0.110 e. The van der Waals surface area contributed by atoms with Crippen molar-refractivity contribution >= 4 is 11.3 Å². The summed E-state index contributed by atoms with van der Waals surface area (Å²) in [6, 6.07) is 0.156. The van der Waals surface area contributed by atoms with E-state index in [4.69, 9.17) is 5.73 Å². The van der Waals surface area contributed by atoms with Gasteiger partial charge >= 0.3 is 0 Å². The first kappa shape index (κ1) is 9.68. The van der Waals surface area contributed by atoms with Crippen LogP contribution in [0.5, 0.6) is 0 Å². The molecule has 1 atom stereocenters. The molecule has 2 nitrogen and oxygen atoms in total. The number of nitrogens with two attached hydrogens (primary N) is 1. The van der Waals surface area contributed by atoms with Gasteiger partial charge in [-0.15, -0.1) is 11.3 Å². The maximum atomic E-state index is 5.94. The third-order valence-corrected chi connectivity index (χ3v) is 2.92. The lowest BCUT2D eigenvalue weighted by Gasteiger charge is -2.05.